The van der Waals surface area contributed by atoms with Gasteiger partial charge in [0.25, 0.3) is 11.8 Å². The number of amides is 2. The lowest BCUT2D eigenvalue weighted by Crippen LogP contribution is -2.37. The zero-order valence-corrected chi connectivity index (χ0v) is 16.1. The summed E-state index contributed by atoms with van der Waals surface area (Å²) in [5, 5.41) is 12.5. The van der Waals surface area contributed by atoms with Crippen molar-refractivity contribution in [3.8, 4) is 17.9 Å². The first-order chi connectivity index (χ1) is 13.8. The highest BCUT2D eigenvalue weighted by atomic mass is 19.2. The van der Waals surface area contributed by atoms with E-state index in [2.05, 4.69) is 22.1 Å². The van der Waals surface area contributed by atoms with Crippen molar-refractivity contribution in [2.75, 3.05) is 0 Å². The van der Waals surface area contributed by atoms with Gasteiger partial charge in [-0.25, -0.2) is 8.78 Å². The van der Waals surface area contributed by atoms with E-state index in [1.807, 2.05) is 6.07 Å². The molecule has 1 aliphatic carbocycles. The summed E-state index contributed by atoms with van der Waals surface area (Å²) < 4.78 is 29.9. The number of carbonyl (C=O) groups is 2. The van der Waals surface area contributed by atoms with Gasteiger partial charge in [-0.15, -0.1) is 0 Å². The lowest BCUT2D eigenvalue weighted by atomic mass is 9.79. The van der Waals surface area contributed by atoms with E-state index < -0.39 is 34.9 Å². The van der Waals surface area contributed by atoms with Crippen LogP contribution in [0.4, 0.5) is 8.78 Å². The van der Waals surface area contributed by atoms with Crippen molar-refractivity contribution in [1.29, 1.82) is 5.26 Å². The lowest BCUT2D eigenvalue weighted by molar-refractivity contribution is -0.116. The van der Waals surface area contributed by atoms with E-state index in [4.69, 9.17) is 5.73 Å². The predicted octanol–water partition coefficient (Wildman–Crippen LogP) is 2.89. The minimum absolute atomic E-state index is 0.0310. The predicted molar refractivity (Wildman–Crippen MR) is 103 cm³/mol. The number of nitriles is 1. The van der Waals surface area contributed by atoms with Gasteiger partial charge in [0.15, 0.2) is 11.6 Å². The summed E-state index contributed by atoms with van der Waals surface area (Å²) in [4.78, 5) is 26.4. The van der Waals surface area contributed by atoms with Gasteiger partial charge in [0.1, 0.15) is 11.6 Å². The van der Waals surface area contributed by atoms with E-state index in [1.165, 1.54) is 0 Å². The van der Waals surface area contributed by atoms with E-state index in [1.54, 1.807) is 13.8 Å². The van der Waals surface area contributed by atoms with Gasteiger partial charge in [-0.3, -0.25) is 9.59 Å². The van der Waals surface area contributed by atoms with Crippen LogP contribution in [0.3, 0.4) is 0 Å². The molecule has 1 saturated carbocycles. The highest BCUT2D eigenvalue weighted by Crippen LogP contribution is 2.42. The van der Waals surface area contributed by atoms with Gasteiger partial charge in [-0.1, -0.05) is 12.3 Å². The molecule has 1 aromatic carbocycles. The minimum Gasteiger partial charge on any atom is -0.365 e. The number of hydrogen-bond acceptors (Lipinski definition) is 3. The molecule has 0 radical (unpaired) electrons. The van der Waals surface area contributed by atoms with Crippen LogP contribution in [0.25, 0.3) is 10.9 Å². The SMILES string of the molecule is CC#CC(=O)N[C@H]1CCC[C@H](c2c(F)c(F)c(C(N)=O)c3[nH]c(C)c(C#N)c23)C1. The third-order valence-electron chi connectivity index (χ3n) is 5.37. The fourth-order valence-electron chi connectivity index (χ4n) is 4.20. The first-order valence-electron chi connectivity index (χ1n) is 9.26. The van der Waals surface area contributed by atoms with Crippen LogP contribution in [0.1, 0.15) is 65.7 Å². The summed E-state index contributed by atoms with van der Waals surface area (Å²) in [6.07, 6.45) is 2.30. The third kappa shape index (κ3) is 3.54. The van der Waals surface area contributed by atoms with Crippen molar-refractivity contribution < 1.29 is 18.4 Å². The van der Waals surface area contributed by atoms with Crippen molar-refractivity contribution in [3.05, 3.63) is 34.0 Å². The quantitative estimate of drug-likeness (QED) is 0.691. The van der Waals surface area contributed by atoms with Gasteiger partial charge < -0.3 is 16.0 Å². The number of H-pyrrole nitrogens is 1. The summed E-state index contributed by atoms with van der Waals surface area (Å²) in [6, 6.07) is 1.76. The molecule has 3 rings (SSSR count). The number of rotatable bonds is 3. The fourth-order valence-corrected chi connectivity index (χ4v) is 4.20. The Kier molecular flexibility index (Phi) is 5.56. The molecule has 0 aliphatic heterocycles. The Morgan fingerprint density at radius 3 is 2.62 bits per heavy atom. The normalized spacial score (nSPS) is 18.6. The van der Waals surface area contributed by atoms with E-state index in [0.29, 0.717) is 31.4 Å². The summed E-state index contributed by atoms with van der Waals surface area (Å²) in [5.74, 6) is 0.449. The highest BCUT2D eigenvalue weighted by molar-refractivity contribution is 6.08. The molecule has 6 nitrogen and oxygen atoms in total. The topological polar surface area (TPSA) is 112 Å². The van der Waals surface area contributed by atoms with Gasteiger partial charge in [0.05, 0.1) is 11.1 Å². The second-order valence-corrected chi connectivity index (χ2v) is 7.18. The van der Waals surface area contributed by atoms with E-state index >= 15 is 4.39 Å². The van der Waals surface area contributed by atoms with Gasteiger partial charge in [0, 0.05) is 22.7 Å². The Morgan fingerprint density at radius 1 is 1.28 bits per heavy atom. The van der Waals surface area contributed by atoms with Crippen LogP contribution in [0.2, 0.25) is 0 Å². The van der Waals surface area contributed by atoms with Crippen LogP contribution in [0.5, 0.6) is 0 Å². The summed E-state index contributed by atoms with van der Waals surface area (Å²) in [7, 11) is 0. The van der Waals surface area contributed by atoms with E-state index in [0.717, 1.165) is 0 Å². The van der Waals surface area contributed by atoms with Crippen LogP contribution in [-0.4, -0.2) is 22.8 Å². The van der Waals surface area contributed by atoms with Crippen LogP contribution in [-0.2, 0) is 4.79 Å². The largest absolute Gasteiger partial charge is 0.365 e. The smallest absolute Gasteiger partial charge is 0.296 e. The van der Waals surface area contributed by atoms with Gasteiger partial charge >= 0.3 is 0 Å². The average molecular weight is 398 g/mol. The number of nitrogens with zero attached hydrogens (tertiary/aromatic N) is 1. The number of aromatic amines is 1. The maximum absolute atomic E-state index is 15.2. The van der Waals surface area contributed by atoms with Gasteiger partial charge in [0.2, 0.25) is 0 Å². The molecule has 0 saturated heterocycles. The molecule has 29 heavy (non-hydrogen) atoms. The van der Waals surface area contributed by atoms with Crippen LogP contribution >= 0.6 is 0 Å². The summed E-state index contributed by atoms with van der Waals surface area (Å²) in [6.45, 7) is 3.15. The number of primary amides is 1. The Balaban J connectivity index is 2.16. The number of nitrogens with one attached hydrogen (secondary N) is 2. The second kappa shape index (κ2) is 7.92. The third-order valence-corrected chi connectivity index (χ3v) is 5.37. The Bertz CT molecular complexity index is 1120. The second-order valence-electron chi connectivity index (χ2n) is 7.18. The summed E-state index contributed by atoms with van der Waals surface area (Å²) in [5.41, 5.74) is 5.31. The van der Waals surface area contributed by atoms with Crippen molar-refractivity contribution >= 4 is 22.7 Å². The molecule has 2 atom stereocenters. The van der Waals surface area contributed by atoms with Crippen molar-refractivity contribution in [1.82, 2.24) is 10.3 Å². The van der Waals surface area contributed by atoms with Crippen molar-refractivity contribution in [2.24, 2.45) is 5.73 Å². The molecule has 0 unspecified atom stereocenters. The van der Waals surface area contributed by atoms with E-state index in [-0.39, 0.29) is 28.1 Å². The Labute approximate surface area is 166 Å². The molecule has 8 heteroatoms. The molecule has 1 aromatic heterocycles. The molecule has 0 bridgehead atoms. The molecular formula is C21H20F2N4O2. The number of aryl methyl sites for hydroxylation is 1. The maximum atomic E-state index is 15.2. The molecule has 4 N–H and O–H groups in total. The van der Waals surface area contributed by atoms with Crippen LogP contribution in [0, 0.1) is 41.7 Å². The number of aromatic nitrogens is 1. The first-order valence-corrected chi connectivity index (χ1v) is 9.26. The lowest BCUT2D eigenvalue weighted by Gasteiger charge is -2.30. The van der Waals surface area contributed by atoms with Crippen LogP contribution in [0.15, 0.2) is 0 Å². The Hall–Kier alpha value is -3.39. The van der Waals surface area contributed by atoms with Crippen molar-refractivity contribution in [2.45, 2.75) is 51.5 Å². The van der Waals surface area contributed by atoms with E-state index in [9.17, 15) is 19.2 Å². The number of carbonyl (C=O) groups excluding carboxylic acids is 2. The Morgan fingerprint density at radius 2 is 2.00 bits per heavy atom. The standard InChI is InChI=1S/C21H20F2N4O2/c1-3-5-14(28)27-12-7-4-6-11(8-12)15-16-13(9-24)10(2)26-20(16)17(21(25)29)19(23)18(15)22/h11-12,26H,4,6-8H2,1-2H3,(H2,25,29)(H,27,28)/t11-,12-/m0/s1. The maximum Gasteiger partial charge on any atom is 0.296 e. The number of nitrogens with two attached hydrogens (primary N) is 1. The zero-order chi connectivity index (χ0) is 21.3. The first kappa shape index (κ1) is 20.3. The van der Waals surface area contributed by atoms with Crippen molar-refractivity contribution in [3.63, 3.8) is 0 Å². The monoisotopic (exact) mass is 398 g/mol. The van der Waals surface area contributed by atoms with Gasteiger partial charge in [-0.05, 0) is 44.9 Å². The summed E-state index contributed by atoms with van der Waals surface area (Å²) >= 11 is 0. The number of halogens is 2. The molecule has 1 fully saturated rings. The molecule has 2 amide bonds. The molecule has 0 spiro atoms. The molecule has 2 aromatic rings. The number of benzene rings is 1. The number of fused-ring (bicyclic) bond motifs is 1. The minimum atomic E-state index is -1.33. The fraction of sp³-hybridized carbons (Fsp3) is 0.381. The molecule has 150 valence electrons. The molecule has 1 heterocycles. The average Bonchev–Trinajstić information content (AvgIpc) is 2.97. The van der Waals surface area contributed by atoms with Gasteiger partial charge in [-0.2, -0.15) is 5.26 Å². The highest BCUT2D eigenvalue weighted by Gasteiger charge is 2.33. The zero-order valence-electron chi connectivity index (χ0n) is 16.1. The molecule has 1 aliphatic rings. The molecular weight excluding hydrogens is 378 g/mol. The number of hydrogen-bond donors (Lipinski definition) is 3. The van der Waals surface area contributed by atoms with Crippen LogP contribution < -0.4 is 11.1 Å².